The third-order valence-electron chi connectivity index (χ3n) is 2.62. The van der Waals surface area contributed by atoms with E-state index in [9.17, 15) is 0 Å². The Labute approximate surface area is 88.3 Å². The molecule has 0 spiro atoms. The summed E-state index contributed by atoms with van der Waals surface area (Å²) in [4.78, 5) is 0. The maximum Gasteiger partial charge on any atom is 0.0438 e. The highest BCUT2D eigenvalue weighted by Crippen LogP contribution is 2.30. The zero-order chi connectivity index (χ0) is 10.4. The number of hydrogen-bond donors (Lipinski definition) is 0. The summed E-state index contributed by atoms with van der Waals surface area (Å²) in [7, 11) is 0. The third-order valence-corrected chi connectivity index (χ3v) is 2.62. The molecule has 0 amide bonds. The SMILES string of the molecule is CCCC1=C[N]C(CCC)=C1CCC. The molecule has 0 fully saturated rings. The van der Waals surface area contributed by atoms with Gasteiger partial charge in [0.25, 0.3) is 0 Å². The molecule has 0 saturated carbocycles. The average Bonchev–Trinajstić information content (AvgIpc) is 2.52. The summed E-state index contributed by atoms with van der Waals surface area (Å²) in [5, 5.41) is 4.54. The van der Waals surface area contributed by atoms with E-state index in [4.69, 9.17) is 0 Å². The molecule has 0 N–H and O–H groups in total. The van der Waals surface area contributed by atoms with Crippen LogP contribution in [0.15, 0.2) is 23.0 Å². The minimum Gasteiger partial charge on any atom is -0.261 e. The Bertz CT molecular complexity index is 236. The van der Waals surface area contributed by atoms with Crippen LogP contribution < -0.4 is 5.32 Å². The fourth-order valence-electron chi connectivity index (χ4n) is 1.99. The van der Waals surface area contributed by atoms with Gasteiger partial charge < -0.3 is 0 Å². The van der Waals surface area contributed by atoms with E-state index in [0.29, 0.717) is 0 Å². The van der Waals surface area contributed by atoms with Crippen LogP contribution in [-0.4, -0.2) is 0 Å². The van der Waals surface area contributed by atoms with Gasteiger partial charge in [0.15, 0.2) is 0 Å². The summed E-state index contributed by atoms with van der Waals surface area (Å²) in [6.07, 6.45) is 9.33. The predicted octanol–water partition coefficient (Wildman–Crippen LogP) is 4.14. The molecule has 1 heterocycles. The summed E-state index contributed by atoms with van der Waals surface area (Å²) in [6, 6.07) is 0. The molecule has 0 saturated heterocycles. The van der Waals surface area contributed by atoms with E-state index in [0.717, 1.165) is 6.42 Å². The molecule has 0 aromatic rings. The number of hydrogen-bond acceptors (Lipinski definition) is 0. The maximum absolute atomic E-state index is 4.54. The first-order chi connectivity index (χ1) is 6.83. The van der Waals surface area contributed by atoms with Gasteiger partial charge in [0.2, 0.25) is 0 Å². The van der Waals surface area contributed by atoms with Crippen LogP contribution in [0.1, 0.15) is 59.3 Å². The van der Waals surface area contributed by atoms with Crippen LogP contribution in [0, 0.1) is 0 Å². The topological polar surface area (TPSA) is 14.1 Å². The van der Waals surface area contributed by atoms with Crippen LogP contribution in [0.2, 0.25) is 0 Å². The van der Waals surface area contributed by atoms with Crippen LogP contribution in [0.25, 0.3) is 0 Å². The van der Waals surface area contributed by atoms with Crippen LogP contribution in [0.4, 0.5) is 0 Å². The van der Waals surface area contributed by atoms with Gasteiger partial charge in [0.05, 0.1) is 0 Å². The molecule has 79 valence electrons. The number of allylic oxidation sites excluding steroid dienone is 3. The first kappa shape index (κ1) is 11.4. The highest BCUT2D eigenvalue weighted by molar-refractivity contribution is 5.40. The van der Waals surface area contributed by atoms with Crippen LogP contribution >= 0.6 is 0 Å². The van der Waals surface area contributed by atoms with Crippen molar-refractivity contribution in [1.82, 2.24) is 5.32 Å². The van der Waals surface area contributed by atoms with Gasteiger partial charge in [-0.1, -0.05) is 40.0 Å². The summed E-state index contributed by atoms with van der Waals surface area (Å²) in [5.74, 6) is 0. The fraction of sp³-hybridized carbons (Fsp3) is 0.692. The van der Waals surface area contributed by atoms with Crippen molar-refractivity contribution < 1.29 is 0 Å². The molecule has 1 aliphatic rings. The first-order valence-electron chi connectivity index (χ1n) is 5.95. The summed E-state index contributed by atoms with van der Waals surface area (Å²) < 4.78 is 0. The average molecular weight is 192 g/mol. The van der Waals surface area contributed by atoms with Crippen LogP contribution in [0.5, 0.6) is 0 Å². The summed E-state index contributed by atoms with van der Waals surface area (Å²) in [6.45, 7) is 6.71. The van der Waals surface area contributed by atoms with Gasteiger partial charge in [0.1, 0.15) is 0 Å². The fourth-order valence-corrected chi connectivity index (χ4v) is 1.99. The van der Waals surface area contributed by atoms with Gasteiger partial charge in [0, 0.05) is 11.9 Å². The van der Waals surface area contributed by atoms with Gasteiger partial charge in [-0.05, 0) is 30.4 Å². The smallest absolute Gasteiger partial charge is 0.0438 e. The van der Waals surface area contributed by atoms with Crippen molar-refractivity contribution in [2.24, 2.45) is 0 Å². The monoisotopic (exact) mass is 192 g/mol. The molecule has 14 heavy (non-hydrogen) atoms. The quantitative estimate of drug-likeness (QED) is 0.600. The van der Waals surface area contributed by atoms with Gasteiger partial charge >= 0.3 is 0 Å². The largest absolute Gasteiger partial charge is 0.261 e. The molecular weight excluding hydrogens is 170 g/mol. The Morgan fingerprint density at radius 2 is 1.57 bits per heavy atom. The van der Waals surface area contributed by atoms with Crippen molar-refractivity contribution in [1.29, 1.82) is 0 Å². The first-order valence-corrected chi connectivity index (χ1v) is 5.95. The molecule has 0 bridgehead atoms. The lowest BCUT2D eigenvalue weighted by atomic mass is 9.97. The van der Waals surface area contributed by atoms with E-state index in [1.807, 2.05) is 0 Å². The van der Waals surface area contributed by atoms with Crippen molar-refractivity contribution in [3.8, 4) is 0 Å². The highest BCUT2D eigenvalue weighted by Gasteiger charge is 2.16. The van der Waals surface area contributed by atoms with Crippen molar-refractivity contribution in [2.45, 2.75) is 59.3 Å². The standard InChI is InChI=1S/C13H22N/c1-4-7-11-10-14-13(9-6-3)12(11)8-5-2/h10H,4-9H2,1-3H3. The molecule has 1 radical (unpaired) electrons. The zero-order valence-electron chi connectivity index (χ0n) is 9.77. The van der Waals surface area contributed by atoms with E-state index < -0.39 is 0 Å². The van der Waals surface area contributed by atoms with Gasteiger partial charge in [-0.2, -0.15) is 0 Å². The number of rotatable bonds is 6. The molecule has 1 rings (SSSR count). The summed E-state index contributed by atoms with van der Waals surface area (Å²) >= 11 is 0. The second-order valence-corrected chi connectivity index (χ2v) is 3.96. The second kappa shape index (κ2) is 5.90. The Morgan fingerprint density at radius 3 is 2.14 bits per heavy atom. The molecule has 0 aromatic carbocycles. The van der Waals surface area contributed by atoms with Gasteiger partial charge in [-0.25, -0.2) is 0 Å². The van der Waals surface area contributed by atoms with Gasteiger partial charge in [-0.15, -0.1) is 0 Å². The predicted molar refractivity (Wildman–Crippen MR) is 62.0 cm³/mol. The van der Waals surface area contributed by atoms with Crippen molar-refractivity contribution >= 4 is 0 Å². The Kier molecular flexibility index (Phi) is 4.78. The van der Waals surface area contributed by atoms with E-state index >= 15 is 0 Å². The zero-order valence-corrected chi connectivity index (χ0v) is 9.77. The van der Waals surface area contributed by atoms with Crippen LogP contribution in [-0.2, 0) is 0 Å². The molecule has 0 unspecified atom stereocenters. The molecule has 0 aromatic heterocycles. The van der Waals surface area contributed by atoms with E-state index in [1.165, 1.54) is 43.4 Å². The molecule has 0 atom stereocenters. The van der Waals surface area contributed by atoms with E-state index in [-0.39, 0.29) is 0 Å². The Morgan fingerprint density at radius 1 is 0.929 bits per heavy atom. The lowest BCUT2D eigenvalue weighted by molar-refractivity contribution is 0.803. The molecule has 0 aliphatic carbocycles. The third kappa shape index (κ3) is 2.63. The lowest BCUT2D eigenvalue weighted by Gasteiger charge is -2.07. The van der Waals surface area contributed by atoms with Crippen molar-refractivity contribution in [3.05, 3.63) is 23.0 Å². The molecule has 1 aliphatic heterocycles. The summed E-state index contributed by atoms with van der Waals surface area (Å²) in [5.41, 5.74) is 4.41. The maximum atomic E-state index is 4.54. The molecule has 1 nitrogen and oxygen atoms in total. The number of nitrogens with zero attached hydrogens (tertiary/aromatic N) is 1. The normalized spacial score (nSPS) is 15.8. The van der Waals surface area contributed by atoms with Gasteiger partial charge in [-0.3, -0.25) is 5.32 Å². The molecular formula is C13H22N. The minimum atomic E-state index is 1.15. The lowest BCUT2D eigenvalue weighted by Crippen LogP contribution is -1.95. The van der Waals surface area contributed by atoms with E-state index in [1.54, 1.807) is 5.57 Å². The van der Waals surface area contributed by atoms with Crippen molar-refractivity contribution in [3.63, 3.8) is 0 Å². The van der Waals surface area contributed by atoms with E-state index in [2.05, 4.69) is 32.3 Å². The highest BCUT2D eigenvalue weighted by atomic mass is 14.9. The minimum absolute atomic E-state index is 1.15. The van der Waals surface area contributed by atoms with Crippen molar-refractivity contribution in [2.75, 3.05) is 0 Å². The Balaban J connectivity index is 2.69. The molecule has 1 heteroatoms. The van der Waals surface area contributed by atoms with Crippen LogP contribution in [0.3, 0.4) is 0 Å². The second-order valence-electron chi connectivity index (χ2n) is 3.96. The Hall–Kier alpha value is -0.720.